The fourth-order valence-electron chi connectivity index (χ4n) is 2.85. The molecule has 0 saturated carbocycles. The molecule has 126 valence electrons. The minimum atomic E-state index is -4.31. The van der Waals surface area contributed by atoms with Gasteiger partial charge < -0.3 is 9.73 Å². The Morgan fingerprint density at radius 2 is 1.52 bits per heavy atom. The van der Waals surface area contributed by atoms with Crippen molar-refractivity contribution in [3.05, 3.63) is 77.9 Å². The smallest absolute Gasteiger partial charge is 0.416 e. The number of nitrogens with one attached hydrogen (secondary N) is 1. The normalized spacial score (nSPS) is 12.0. The SMILES string of the molecule is FC(F)(F)c1ccc(CNc2ccc3oc4ccccc4c3c2)cc1. The van der Waals surface area contributed by atoms with Crippen molar-refractivity contribution in [2.75, 3.05) is 5.32 Å². The molecule has 1 N–H and O–H groups in total. The van der Waals surface area contributed by atoms with E-state index < -0.39 is 11.7 Å². The number of furan rings is 1. The number of fused-ring (bicyclic) bond motifs is 3. The third kappa shape index (κ3) is 3.05. The van der Waals surface area contributed by atoms with Gasteiger partial charge in [-0.15, -0.1) is 0 Å². The van der Waals surface area contributed by atoms with E-state index in [2.05, 4.69) is 5.32 Å². The van der Waals surface area contributed by atoms with Gasteiger partial charge in [-0.3, -0.25) is 0 Å². The summed E-state index contributed by atoms with van der Waals surface area (Å²) >= 11 is 0. The molecule has 0 radical (unpaired) electrons. The predicted molar refractivity (Wildman–Crippen MR) is 92.5 cm³/mol. The highest BCUT2D eigenvalue weighted by molar-refractivity contribution is 6.05. The Kier molecular flexibility index (Phi) is 3.64. The van der Waals surface area contributed by atoms with Crippen LogP contribution in [0.15, 0.2) is 71.1 Å². The van der Waals surface area contributed by atoms with E-state index in [1.165, 1.54) is 12.1 Å². The molecule has 3 aromatic carbocycles. The molecule has 0 saturated heterocycles. The van der Waals surface area contributed by atoms with Gasteiger partial charge in [0.05, 0.1) is 5.56 Å². The molecule has 0 spiro atoms. The van der Waals surface area contributed by atoms with Gasteiger partial charge in [-0.2, -0.15) is 13.2 Å². The third-order valence-corrected chi connectivity index (χ3v) is 4.15. The largest absolute Gasteiger partial charge is 0.456 e. The van der Waals surface area contributed by atoms with Crippen LogP contribution >= 0.6 is 0 Å². The van der Waals surface area contributed by atoms with E-state index >= 15 is 0 Å². The van der Waals surface area contributed by atoms with E-state index in [-0.39, 0.29) is 0 Å². The van der Waals surface area contributed by atoms with Crippen LogP contribution in [0.5, 0.6) is 0 Å². The van der Waals surface area contributed by atoms with Gasteiger partial charge in [-0.05, 0) is 42.0 Å². The van der Waals surface area contributed by atoms with E-state index in [4.69, 9.17) is 4.42 Å². The molecule has 4 rings (SSSR count). The molecule has 0 amide bonds. The lowest BCUT2D eigenvalue weighted by atomic mass is 10.1. The number of alkyl halides is 3. The molecule has 1 heterocycles. The number of anilines is 1. The van der Waals surface area contributed by atoms with Crippen LogP contribution < -0.4 is 5.32 Å². The number of rotatable bonds is 3. The number of benzene rings is 3. The Labute approximate surface area is 141 Å². The summed E-state index contributed by atoms with van der Waals surface area (Å²) in [6.45, 7) is 0.444. The van der Waals surface area contributed by atoms with Crippen LogP contribution in [-0.4, -0.2) is 0 Å². The second kappa shape index (κ2) is 5.84. The fourth-order valence-corrected chi connectivity index (χ4v) is 2.85. The molecule has 5 heteroatoms. The lowest BCUT2D eigenvalue weighted by Crippen LogP contribution is -2.05. The second-order valence-electron chi connectivity index (χ2n) is 5.86. The average molecular weight is 341 g/mol. The maximum atomic E-state index is 12.6. The van der Waals surface area contributed by atoms with Gasteiger partial charge in [-0.25, -0.2) is 0 Å². The summed E-state index contributed by atoms with van der Waals surface area (Å²) in [5.41, 5.74) is 2.67. The highest BCUT2D eigenvalue weighted by Crippen LogP contribution is 2.31. The van der Waals surface area contributed by atoms with Crippen molar-refractivity contribution in [2.45, 2.75) is 12.7 Å². The van der Waals surface area contributed by atoms with Crippen LogP contribution in [0.3, 0.4) is 0 Å². The molecular formula is C20H14F3NO. The third-order valence-electron chi connectivity index (χ3n) is 4.15. The van der Waals surface area contributed by atoms with E-state index in [0.717, 1.165) is 45.3 Å². The lowest BCUT2D eigenvalue weighted by molar-refractivity contribution is -0.137. The number of halogens is 3. The minimum absolute atomic E-state index is 0.444. The Morgan fingerprint density at radius 3 is 2.28 bits per heavy atom. The standard InChI is InChI=1S/C20H14F3NO/c21-20(22,23)14-7-5-13(6-8-14)12-24-15-9-10-19-17(11-15)16-3-1-2-4-18(16)25-19/h1-11,24H,12H2. The van der Waals surface area contributed by atoms with Gasteiger partial charge in [-0.1, -0.05) is 30.3 Å². The van der Waals surface area contributed by atoms with E-state index in [1.54, 1.807) is 0 Å². The monoisotopic (exact) mass is 341 g/mol. The molecular weight excluding hydrogens is 327 g/mol. The lowest BCUT2D eigenvalue weighted by Gasteiger charge is -2.09. The summed E-state index contributed by atoms with van der Waals surface area (Å²) in [5.74, 6) is 0. The topological polar surface area (TPSA) is 25.2 Å². The van der Waals surface area contributed by atoms with Crippen molar-refractivity contribution in [3.63, 3.8) is 0 Å². The highest BCUT2D eigenvalue weighted by Gasteiger charge is 2.29. The maximum Gasteiger partial charge on any atom is 0.416 e. The summed E-state index contributed by atoms with van der Waals surface area (Å²) < 4.78 is 43.6. The molecule has 2 nitrogen and oxygen atoms in total. The molecule has 0 unspecified atom stereocenters. The van der Waals surface area contributed by atoms with Gasteiger partial charge in [0.1, 0.15) is 11.2 Å². The number of para-hydroxylation sites is 1. The summed E-state index contributed by atoms with van der Waals surface area (Å²) in [5, 5.41) is 5.29. The van der Waals surface area contributed by atoms with Crippen LogP contribution in [0.1, 0.15) is 11.1 Å². The van der Waals surface area contributed by atoms with Crippen LogP contribution in [0.4, 0.5) is 18.9 Å². The van der Waals surface area contributed by atoms with Gasteiger partial charge in [0.15, 0.2) is 0 Å². The zero-order valence-electron chi connectivity index (χ0n) is 13.1. The first-order valence-corrected chi connectivity index (χ1v) is 7.82. The van der Waals surface area contributed by atoms with Crippen molar-refractivity contribution < 1.29 is 17.6 Å². The average Bonchev–Trinajstić information content (AvgIpc) is 2.97. The Balaban J connectivity index is 1.55. The summed E-state index contributed by atoms with van der Waals surface area (Å²) in [7, 11) is 0. The molecule has 4 aromatic rings. The summed E-state index contributed by atoms with van der Waals surface area (Å²) in [4.78, 5) is 0. The zero-order chi connectivity index (χ0) is 17.4. The van der Waals surface area contributed by atoms with Crippen LogP contribution in [0.2, 0.25) is 0 Å². The minimum Gasteiger partial charge on any atom is -0.456 e. The molecule has 0 aliphatic carbocycles. The Hall–Kier alpha value is -2.95. The molecule has 1 aromatic heterocycles. The Morgan fingerprint density at radius 1 is 0.800 bits per heavy atom. The van der Waals surface area contributed by atoms with E-state index in [9.17, 15) is 13.2 Å². The number of hydrogen-bond acceptors (Lipinski definition) is 2. The Bertz CT molecular complexity index is 1030. The van der Waals surface area contributed by atoms with Crippen LogP contribution in [0, 0.1) is 0 Å². The molecule has 25 heavy (non-hydrogen) atoms. The predicted octanol–water partition coefficient (Wildman–Crippen LogP) is 6.22. The summed E-state index contributed by atoms with van der Waals surface area (Å²) in [6, 6.07) is 18.8. The van der Waals surface area contributed by atoms with Crippen molar-refractivity contribution in [1.29, 1.82) is 0 Å². The van der Waals surface area contributed by atoms with Crippen molar-refractivity contribution in [1.82, 2.24) is 0 Å². The molecule has 0 bridgehead atoms. The zero-order valence-corrected chi connectivity index (χ0v) is 13.1. The van der Waals surface area contributed by atoms with E-state index in [1.807, 2.05) is 42.5 Å². The number of hydrogen-bond donors (Lipinski definition) is 1. The quantitative estimate of drug-likeness (QED) is 0.479. The van der Waals surface area contributed by atoms with Crippen molar-refractivity contribution >= 4 is 27.6 Å². The van der Waals surface area contributed by atoms with Crippen LogP contribution in [0.25, 0.3) is 21.9 Å². The van der Waals surface area contributed by atoms with Crippen LogP contribution in [-0.2, 0) is 12.7 Å². The highest BCUT2D eigenvalue weighted by atomic mass is 19.4. The van der Waals surface area contributed by atoms with Gasteiger partial charge in [0.25, 0.3) is 0 Å². The van der Waals surface area contributed by atoms with Crippen molar-refractivity contribution in [2.24, 2.45) is 0 Å². The summed E-state index contributed by atoms with van der Waals surface area (Å²) in [6.07, 6.45) is -4.31. The van der Waals surface area contributed by atoms with Gasteiger partial charge >= 0.3 is 6.18 Å². The fraction of sp³-hybridized carbons (Fsp3) is 0.100. The molecule has 0 aliphatic heterocycles. The molecule has 0 fully saturated rings. The second-order valence-corrected chi connectivity index (χ2v) is 5.86. The molecule has 0 aliphatic rings. The van der Waals surface area contributed by atoms with Crippen molar-refractivity contribution in [3.8, 4) is 0 Å². The van der Waals surface area contributed by atoms with E-state index in [0.29, 0.717) is 6.54 Å². The maximum absolute atomic E-state index is 12.6. The first-order valence-electron chi connectivity index (χ1n) is 7.82. The first-order chi connectivity index (χ1) is 12.0. The first kappa shape index (κ1) is 15.6. The van der Waals surface area contributed by atoms with Gasteiger partial charge in [0.2, 0.25) is 0 Å². The molecule has 0 atom stereocenters. The van der Waals surface area contributed by atoms with Gasteiger partial charge in [0, 0.05) is 23.0 Å².